The number of rotatable bonds is 1. The van der Waals surface area contributed by atoms with Crippen molar-refractivity contribution in [2.45, 2.75) is 32.5 Å². The van der Waals surface area contributed by atoms with E-state index in [0.717, 1.165) is 11.1 Å². The van der Waals surface area contributed by atoms with Crippen molar-refractivity contribution in [3.8, 4) is 5.75 Å². The lowest BCUT2D eigenvalue weighted by molar-refractivity contribution is -0.274. The average molecular weight is 270 g/mol. The smallest absolute Gasteiger partial charge is 0.406 e. The topological polar surface area (TPSA) is 35.0 Å². The maximum atomic E-state index is 12.2. The fourth-order valence-corrected chi connectivity index (χ4v) is 1.83. The van der Waals surface area contributed by atoms with Crippen LogP contribution in [0, 0.1) is 0 Å². The molecule has 19 heavy (non-hydrogen) atoms. The Kier molecular flexibility index (Phi) is 3.12. The van der Waals surface area contributed by atoms with Crippen LogP contribution in [0.2, 0.25) is 0 Å². The first-order valence-electron chi connectivity index (χ1n) is 5.68. The van der Waals surface area contributed by atoms with Gasteiger partial charge in [0.2, 0.25) is 0 Å². The van der Waals surface area contributed by atoms with Crippen LogP contribution in [-0.2, 0) is 5.41 Å². The normalized spacial score (nSPS) is 12.7. The largest absolute Gasteiger partial charge is 0.573 e. The molecule has 0 aliphatic carbocycles. The Morgan fingerprint density at radius 1 is 1.05 bits per heavy atom. The average Bonchev–Trinajstić information content (AvgIpc) is 2.24. The maximum Gasteiger partial charge on any atom is 0.573 e. The van der Waals surface area contributed by atoms with Gasteiger partial charge >= 0.3 is 6.36 Å². The van der Waals surface area contributed by atoms with Crippen molar-refractivity contribution in [3.63, 3.8) is 0 Å². The molecule has 6 heteroatoms. The van der Waals surface area contributed by atoms with Gasteiger partial charge in [-0.3, -0.25) is 0 Å². The molecule has 3 nitrogen and oxygen atoms in total. The summed E-state index contributed by atoms with van der Waals surface area (Å²) in [7, 11) is 0. The number of fused-ring (bicyclic) bond motifs is 1. The maximum absolute atomic E-state index is 12.2. The zero-order valence-electron chi connectivity index (χ0n) is 10.7. The van der Waals surface area contributed by atoms with Crippen molar-refractivity contribution in [1.82, 2.24) is 9.97 Å². The summed E-state index contributed by atoms with van der Waals surface area (Å²) >= 11 is 0. The van der Waals surface area contributed by atoms with E-state index in [1.54, 1.807) is 6.07 Å². The van der Waals surface area contributed by atoms with Crippen molar-refractivity contribution in [2.75, 3.05) is 0 Å². The van der Waals surface area contributed by atoms with Gasteiger partial charge < -0.3 is 4.74 Å². The van der Waals surface area contributed by atoms with Crippen LogP contribution in [0.25, 0.3) is 10.9 Å². The molecule has 0 N–H and O–H groups in total. The molecule has 1 aromatic carbocycles. The summed E-state index contributed by atoms with van der Waals surface area (Å²) in [5.41, 5.74) is 1.01. The Hall–Kier alpha value is -1.85. The monoisotopic (exact) mass is 270 g/mol. The first-order chi connectivity index (χ1) is 8.67. The molecule has 0 amide bonds. The van der Waals surface area contributed by atoms with E-state index in [1.807, 2.05) is 20.8 Å². The summed E-state index contributed by atoms with van der Waals surface area (Å²) in [5.74, 6) is -0.279. The van der Waals surface area contributed by atoms with E-state index in [-0.39, 0.29) is 11.2 Å². The molecule has 1 aromatic heterocycles. The summed E-state index contributed by atoms with van der Waals surface area (Å²) in [6.45, 7) is 5.94. The zero-order valence-corrected chi connectivity index (χ0v) is 10.7. The van der Waals surface area contributed by atoms with Gasteiger partial charge in [0.25, 0.3) is 0 Å². The fraction of sp³-hybridized carbons (Fsp3) is 0.385. The molecular formula is C13H13F3N2O. The second-order valence-electron chi connectivity index (χ2n) is 5.20. The van der Waals surface area contributed by atoms with Crippen LogP contribution in [0.4, 0.5) is 13.2 Å². The van der Waals surface area contributed by atoms with Gasteiger partial charge in [-0.2, -0.15) is 0 Å². The van der Waals surface area contributed by atoms with Crippen molar-refractivity contribution in [1.29, 1.82) is 0 Å². The highest BCUT2D eigenvalue weighted by molar-refractivity contribution is 5.82. The van der Waals surface area contributed by atoms with Crippen LogP contribution in [0.15, 0.2) is 24.5 Å². The quantitative estimate of drug-likeness (QED) is 0.790. The molecule has 0 fully saturated rings. The van der Waals surface area contributed by atoms with Crippen LogP contribution >= 0.6 is 0 Å². The molecule has 1 heterocycles. The standard InChI is InChI=1S/C13H13F3N2O/c1-12(2,3)11-9-5-4-8(19-13(14,15)16)6-10(9)17-7-18-11/h4-7H,1-3H3. The number of hydrogen-bond donors (Lipinski definition) is 0. The molecule has 0 saturated heterocycles. The minimum Gasteiger partial charge on any atom is -0.406 e. The Morgan fingerprint density at radius 2 is 1.74 bits per heavy atom. The highest BCUT2D eigenvalue weighted by Crippen LogP contribution is 2.30. The van der Waals surface area contributed by atoms with E-state index in [1.165, 1.54) is 18.5 Å². The van der Waals surface area contributed by atoms with Gasteiger partial charge in [0.15, 0.2) is 0 Å². The predicted octanol–water partition coefficient (Wildman–Crippen LogP) is 3.83. The highest BCUT2D eigenvalue weighted by atomic mass is 19.4. The first-order valence-corrected chi connectivity index (χ1v) is 5.68. The van der Waals surface area contributed by atoms with Crippen LogP contribution in [0.3, 0.4) is 0 Å². The number of ether oxygens (including phenoxy) is 1. The lowest BCUT2D eigenvalue weighted by atomic mass is 9.89. The number of aromatic nitrogens is 2. The van der Waals surface area contributed by atoms with Crippen molar-refractivity contribution in [2.24, 2.45) is 0 Å². The number of halogens is 3. The molecule has 102 valence electrons. The lowest BCUT2D eigenvalue weighted by Gasteiger charge is -2.19. The zero-order chi connectivity index (χ0) is 14.3. The van der Waals surface area contributed by atoms with Crippen molar-refractivity contribution >= 4 is 10.9 Å². The molecule has 2 rings (SSSR count). The predicted molar refractivity (Wildman–Crippen MR) is 64.9 cm³/mol. The van der Waals surface area contributed by atoms with Crippen LogP contribution < -0.4 is 4.74 Å². The van der Waals surface area contributed by atoms with Crippen molar-refractivity contribution in [3.05, 3.63) is 30.2 Å². The summed E-state index contributed by atoms with van der Waals surface area (Å²) in [4.78, 5) is 8.20. The molecule has 0 saturated carbocycles. The third-order valence-electron chi connectivity index (χ3n) is 2.55. The van der Waals surface area contributed by atoms with E-state index in [2.05, 4.69) is 14.7 Å². The van der Waals surface area contributed by atoms with E-state index in [0.29, 0.717) is 5.52 Å². The van der Waals surface area contributed by atoms with Gasteiger partial charge in [-0.15, -0.1) is 13.2 Å². The van der Waals surface area contributed by atoms with Gasteiger partial charge in [-0.1, -0.05) is 20.8 Å². The molecular weight excluding hydrogens is 257 g/mol. The van der Waals surface area contributed by atoms with Gasteiger partial charge in [-0.05, 0) is 12.1 Å². The summed E-state index contributed by atoms with van der Waals surface area (Å²) in [6.07, 6.45) is -3.35. The minimum atomic E-state index is -4.70. The van der Waals surface area contributed by atoms with Gasteiger partial charge in [-0.25, -0.2) is 9.97 Å². The molecule has 0 bridgehead atoms. The molecule has 0 atom stereocenters. The molecule has 0 unspecified atom stereocenters. The molecule has 0 spiro atoms. The van der Waals surface area contributed by atoms with E-state index in [4.69, 9.17) is 0 Å². The molecule has 0 aliphatic heterocycles. The second kappa shape index (κ2) is 4.36. The van der Waals surface area contributed by atoms with Crippen LogP contribution in [0.5, 0.6) is 5.75 Å². The van der Waals surface area contributed by atoms with E-state index >= 15 is 0 Å². The lowest BCUT2D eigenvalue weighted by Crippen LogP contribution is -2.17. The van der Waals surface area contributed by atoms with E-state index in [9.17, 15) is 13.2 Å². The number of nitrogens with zero attached hydrogens (tertiary/aromatic N) is 2. The Morgan fingerprint density at radius 3 is 2.32 bits per heavy atom. The van der Waals surface area contributed by atoms with Gasteiger partial charge in [0, 0.05) is 16.9 Å². The second-order valence-corrected chi connectivity index (χ2v) is 5.20. The number of alkyl halides is 3. The van der Waals surface area contributed by atoms with E-state index < -0.39 is 6.36 Å². The summed E-state index contributed by atoms with van der Waals surface area (Å²) in [6, 6.07) is 4.09. The fourth-order valence-electron chi connectivity index (χ4n) is 1.83. The first kappa shape index (κ1) is 13.6. The third kappa shape index (κ3) is 3.13. The number of benzene rings is 1. The van der Waals surface area contributed by atoms with Gasteiger partial charge in [0.05, 0.1) is 11.2 Å². The SMILES string of the molecule is CC(C)(C)c1ncnc2cc(OC(F)(F)F)ccc12. The summed E-state index contributed by atoms with van der Waals surface area (Å²) < 4.78 is 40.3. The highest BCUT2D eigenvalue weighted by Gasteiger charge is 2.31. The summed E-state index contributed by atoms with van der Waals surface area (Å²) in [5, 5.41) is 0.726. The van der Waals surface area contributed by atoms with Crippen molar-refractivity contribution < 1.29 is 17.9 Å². The minimum absolute atomic E-state index is 0.215. The van der Waals surface area contributed by atoms with Crippen LogP contribution in [-0.4, -0.2) is 16.3 Å². The Bertz CT molecular complexity index is 603. The Balaban J connectivity index is 2.52. The Labute approximate surface area is 108 Å². The number of hydrogen-bond acceptors (Lipinski definition) is 3. The van der Waals surface area contributed by atoms with Gasteiger partial charge in [0.1, 0.15) is 12.1 Å². The molecule has 0 aliphatic rings. The molecule has 0 radical (unpaired) electrons. The molecule has 2 aromatic rings. The van der Waals surface area contributed by atoms with Crippen LogP contribution in [0.1, 0.15) is 26.5 Å². The third-order valence-corrected chi connectivity index (χ3v) is 2.55.